The maximum Gasteiger partial charge on any atom is 0.247 e. The molecule has 0 amide bonds. The predicted molar refractivity (Wildman–Crippen MR) is 126 cm³/mol. The highest BCUT2D eigenvalue weighted by atomic mass is 35.5. The van der Waals surface area contributed by atoms with Crippen molar-refractivity contribution in [3.8, 4) is 0 Å². The third kappa shape index (κ3) is 3.69. The van der Waals surface area contributed by atoms with Gasteiger partial charge in [0.05, 0.1) is 18.4 Å². The first-order chi connectivity index (χ1) is 16.2. The molecule has 1 aromatic heterocycles. The number of hydrogen-bond donors (Lipinski definition) is 1. The summed E-state index contributed by atoms with van der Waals surface area (Å²) in [5.41, 5.74) is 2.66. The summed E-state index contributed by atoms with van der Waals surface area (Å²) >= 11 is 6.24. The quantitative estimate of drug-likeness (QED) is 0.564. The van der Waals surface area contributed by atoms with Crippen molar-refractivity contribution in [2.45, 2.75) is 43.7 Å². The lowest BCUT2D eigenvalue weighted by Gasteiger charge is -2.47. The van der Waals surface area contributed by atoms with Crippen LogP contribution in [-0.2, 0) is 10.0 Å². The monoisotopic (exact) mass is 505 g/mol. The number of fused-ring (bicyclic) bond motifs is 1. The van der Waals surface area contributed by atoms with Crippen molar-refractivity contribution in [3.63, 3.8) is 0 Å². The minimum Gasteiger partial charge on any atom is -0.426 e. The van der Waals surface area contributed by atoms with Gasteiger partial charge >= 0.3 is 0 Å². The fraction of sp³-hybridized carbons (Fsp3) is 0.391. The fourth-order valence-corrected chi connectivity index (χ4v) is 6.77. The third-order valence-corrected chi connectivity index (χ3v) is 9.01. The normalized spacial score (nSPS) is 20.0. The summed E-state index contributed by atoms with van der Waals surface area (Å²) in [4.78, 5) is 2.17. The fourth-order valence-electron chi connectivity index (χ4n) is 4.82. The number of halogens is 2. The van der Waals surface area contributed by atoms with E-state index in [-0.39, 0.29) is 23.5 Å². The van der Waals surface area contributed by atoms with Gasteiger partial charge in [-0.15, -0.1) is 10.2 Å². The van der Waals surface area contributed by atoms with E-state index in [9.17, 15) is 8.42 Å². The van der Waals surface area contributed by atoms with Crippen LogP contribution < -0.4 is 10.2 Å². The van der Waals surface area contributed by atoms with Crippen LogP contribution in [0.3, 0.4) is 0 Å². The topological polar surface area (TPSA) is 91.6 Å². The molecule has 0 radical (unpaired) electrons. The minimum atomic E-state index is -4.00. The van der Waals surface area contributed by atoms with E-state index in [0.29, 0.717) is 29.4 Å². The molecule has 0 saturated carbocycles. The van der Waals surface area contributed by atoms with Crippen LogP contribution in [0.5, 0.6) is 0 Å². The van der Waals surface area contributed by atoms with E-state index in [4.69, 9.17) is 16.0 Å². The molecular weight excluding hydrogens is 481 g/mol. The SMILES string of the molecule is Cc1ccc(F)c([C@@H](C)[C@@H](c2nnco2)N2CN(C3CNC3)c3cc(Cl)ccc3S2(=O)=O)c1C. The Morgan fingerprint density at radius 1 is 1.24 bits per heavy atom. The first-order valence-electron chi connectivity index (χ1n) is 11.0. The molecule has 0 spiro atoms. The van der Waals surface area contributed by atoms with E-state index >= 15 is 4.39 Å². The Kier molecular flexibility index (Phi) is 5.87. The highest BCUT2D eigenvalue weighted by Crippen LogP contribution is 2.45. The summed E-state index contributed by atoms with van der Waals surface area (Å²) in [6.45, 7) is 7.01. The number of rotatable bonds is 5. The molecule has 2 aliphatic rings. The molecule has 2 aromatic carbocycles. The molecule has 5 rings (SSSR count). The van der Waals surface area contributed by atoms with Crippen LogP contribution in [0.2, 0.25) is 5.02 Å². The van der Waals surface area contributed by atoms with Gasteiger partial charge in [-0.2, -0.15) is 4.31 Å². The molecule has 3 aromatic rings. The maximum absolute atomic E-state index is 15.1. The Balaban J connectivity index is 1.68. The first-order valence-corrected chi connectivity index (χ1v) is 12.8. The summed E-state index contributed by atoms with van der Waals surface area (Å²) in [6, 6.07) is 7.06. The van der Waals surface area contributed by atoms with E-state index in [1.165, 1.54) is 16.4 Å². The Hall–Kier alpha value is -2.53. The van der Waals surface area contributed by atoms with E-state index in [0.717, 1.165) is 17.5 Å². The highest BCUT2D eigenvalue weighted by molar-refractivity contribution is 7.89. The van der Waals surface area contributed by atoms with Gasteiger partial charge in [0.15, 0.2) is 0 Å². The largest absolute Gasteiger partial charge is 0.426 e. The smallest absolute Gasteiger partial charge is 0.247 e. The molecule has 8 nitrogen and oxygen atoms in total. The van der Waals surface area contributed by atoms with Crippen LogP contribution in [0.15, 0.2) is 46.0 Å². The second-order valence-electron chi connectivity index (χ2n) is 8.84. The summed E-state index contributed by atoms with van der Waals surface area (Å²) in [7, 11) is -4.00. The summed E-state index contributed by atoms with van der Waals surface area (Å²) < 4.78 is 49.9. The number of sulfonamides is 1. The van der Waals surface area contributed by atoms with E-state index in [1.807, 2.05) is 18.7 Å². The molecule has 34 heavy (non-hydrogen) atoms. The third-order valence-electron chi connectivity index (χ3n) is 6.91. The maximum atomic E-state index is 15.1. The Labute approximate surface area is 202 Å². The van der Waals surface area contributed by atoms with Crippen molar-refractivity contribution >= 4 is 27.3 Å². The Morgan fingerprint density at radius 3 is 2.65 bits per heavy atom. The zero-order valence-corrected chi connectivity index (χ0v) is 20.6. The van der Waals surface area contributed by atoms with Crippen LogP contribution >= 0.6 is 11.6 Å². The van der Waals surface area contributed by atoms with Crippen LogP contribution in [0.25, 0.3) is 0 Å². The molecule has 11 heteroatoms. The van der Waals surface area contributed by atoms with Gasteiger partial charge < -0.3 is 14.6 Å². The van der Waals surface area contributed by atoms with Crippen LogP contribution in [0, 0.1) is 19.7 Å². The van der Waals surface area contributed by atoms with Gasteiger partial charge in [-0.1, -0.05) is 24.6 Å². The molecule has 1 N–H and O–H groups in total. The minimum absolute atomic E-state index is 0.0475. The summed E-state index contributed by atoms with van der Waals surface area (Å²) in [6.07, 6.45) is 1.16. The van der Waals surface area contributed by atoms with E-state index in [2.05, 4.69) is 15.5 Å². The molecule has 0 aliphatic carbocycles. The van der Waals surface area contributed by atoms with Gasteiger partial charge in [0.25, 0.3) is 0 Å². The molecule has 0 unspecified atom stereocenters. The molecule has 180 valence electrons. The Bertz CT molecular complexity index is 1330. The standard InChI is InChI=1S/C23H25ClFN5O3S/c1-13-4-6-18(25)21(14(13)2)15(3)22(23-28-27-11-33-23)30-12-29(17-9-26-10-17)19-8-16(24)5-7-20(19)34(30,31)32/h4-8,11,15,17,22,26H,9-10,12H2,1-3H3/t15-,22+/m1/s1. The van der Waals surface area contributed by atoms with Crippen LogP contribution in [0.1, 0.15) is 41.5 Å². The zero-order valence-electron chi connectivity index (χ0n) is 19.0. The van der Waals surface area contributed by atoms with Gasteiger partial charge in [0, 0.05) is 24.0 Å². The predicted octanol–water partition coefficient (Wildman–Crippen LogP) is 3.76. The lowest BCUT2D eigenvalue weighted by atomic mass is 9.87. The lowest BCUT2D eigenvalue weighted by Crippen LogP contribution is -2.62. The molecule has 3 heterocycles. The second kappa shape index (κ2) is 8.60. The summed E-state index contributed by atoms with van der Waals surface area (Å²) in [5.74, 6) is -0.896. The van der Waals surface area contributed by atoms with Crippen molar-refractivity contribution in [1.82, 2.24) is 19.8 Å². The van der Waals surface area contributed by atoms with Crippen molar-refractivity contribution in [2.24, 2.45) is 0 Å². The molecule has 1 fully saturated rings. The number of aryl methyl sites for hydroxylation is 1. The number of benzene rings is 2. The van der Waals surface area contributed by atoms with Crippen molar-refractivity contribution < 1.29 is 17.2 Å². The van der Waals surface area contributed by atoms with Gasteiger partial charge in [0.1, 0.15) is 16.8 Å². The number of aromatic nitrogens is 2. The molecule has 0 bridgehead atoms. The van der Waals surface area contributed by atoms with Gasteiger partial charge in [-0.25, -0.2) is 12.8 Å². The van der Waals surface area contributed by atoms with Crippen molar-refractivity contribution in [3.05, 3.63) is 70.1 Å². The highest BCUT2D eigenvalue weighted by Gasteiger charge is 2.47. The van der Waals surface area contributed by atoms with Crippen LogP contribution in [-0.4, -0.2) is 48.7 Å². The Morgan fingerprint density at radius 2 is 2.00 bits per heavy atom. The van der Waals surface area contributed by atoms with Gasteiger partial charge in [0.2, 0.25) is 22.3 Å². The molecule has 2 aliphatic heterocycles. The average molecular weight is 506 g/mol. The lowest BCUT2D eigenvalue weighted by molar-refractivity contribution is 0.225. The number of nitrogens with zero attached hydrogens (tertiary/aromatic N) is 4. The first kappa shape index (κ1) is 23.2. The molecule has 1 saturated heterocycles. The van der Waals surface area contributed by atoms with Crippen molar-refractivity contribution in [1.29, 1.82) is 0 Å². The van der Waals surface area contributed by atoms with E-state index < -0.39 is 27.8 Å². The second-order valence-corrected chi connectivity index (χ2v) is 11.1. The van der Waals surface area contributed by atoms with Gasteiger partial charge in [-0.05, 0) is 54.8 Å². The average Bonchev–Trinajstić information content (AvgIpc) is 3.27. The zero-order chi connectivity index (χ0) is 24.2. The summed E-state index contributed by atoms with van der Waals surface area (Å²) in [5, 5.41) is 11.5. The van der Waals surface area contributed by atoms with Gasteiger partial charge in [-0.3, -0.25) is 0 Å². The number of nitrogens with one attached hydrogen (secondary N) is 1. The molecular formula is C23H25ClFN5O3S. The van der Waals surface area contributed by atoms with Crippen LogP contribution in [0.4, 0.5) is 10.1 Å². The number of hydrogen-bond acceptors (Lipinski definition) is 7. The number of anilines is 1. The van der Waals surface area contributed by atoms with Crippen molar-refractivity contribution in [2.75, 3.05) is 24.7 Å². The van der Waals surface area contributed by atoms with E-state index in [1.54, 1.807) is 25.1 Å². The molecule has 2 atom stereocenters.